The fourth-order valence-electron chi connectivity index (χ4n) is 5.30. The highest BCUT2D eigenvalue weighted by atomic mass is 16.5. The lowest BCUT2D eigenvalue weighted by molar-refractivity contribution is -0.141. The zero-order chi connectivity index (χ0) is 30.5. The number of phenolic OH excluding ortho intramolecular Hbond substituents is 1. The number of hydrogen-bond acceptors (Lipinski definition) is 8. The normalized spacial score (nSPS) is 14.5. The topological polar surface area (TPSA) is 172 Å². The molecule has 1 aliphatic carbocycles. The molecule has 11 nitrogen and oxygen atoms in total. The van der Waals surface area contributed by atoms with E-state index in [-0.39, 0.29) is 52.7 Å². The van der Waals surface area contributed by atoms with Crippen LogP contribution >= 0.6 is 0 Å². The van der Waals surface area contributed by atoms with E-state index < -0.39 is 18.0 Å². The van der Waals surface area contributed by atoms with Gasteiger partial charge in [-0.25, -0.2) is 9.59 Å². The third kappa shape index (κ3) is 6.66. The summed E-state index contributed by atoms with van der Waals surface area (Å²) in [5.41, 5.74) is 1.60. The van der Waals surface area contributed by atoms with Crippen LogP contribution in [-0.2, 0) is 25.5 Å². The van der Waals surface area contributed by atoms with Gasteiger partial charge in [0, 0.05) is 48.0 Å². The van der Waals surface area contributed by atoms with E-state index >= 15 is 0 Å². The van der Waals surface area contributed by atoms with E-state index in [2.05, 4.69) is 10.6 Å². The SMILES string of the molecule is O=C(Cc1cccc(-c2c3ccc(=O)cc-3oc3cc(O)ccc23)c1C(=O)O)NCCCCCC(=O)N[C@H]1CCOC1=O. The first-order valence-electron chi connectivity index (χ1n) is 14.0. The largest absolute Gasteiger partial charge is 0.508 e. The lowest BCUT2D eigenvalue weighted by Crippen LogP contribution is -2.37. The minimum atomic E-state index is -1.22. The molecule has 2 aliphatic heterocycles. The van der Waals surface area contributed by atoms with Crippen molar-refractivity contribution in [3.63, 3.8) is 0 Å². The molecule has 2 aromatic rings. The Kier molecular flexibility index (Phi) is 8.70. The molecule has 43 heavy (non-hydrogen) atoms. The number of esters is 1. The molecule has 222 valence electrons. The lowest BCUT2D eigenvalue weighted by atomic mass is 9.88. The van der Waals surface area contributed by atoms with Crippen molar-refractivity contribution in [2.75, 3.05) is 13.2 Å². The second-order valence-electron chi connectivity index (χ2n) is 10.4. The van der Waals surface area contributed by atoms with Gasteiger partial charge in [-0.2, -0.15) is 0 Å². The van der Waals surface area contributed by atoms with Crippen LogP contribution in [-0.4, -0.2) is 53.2 Å². The second kappa shape index (κ2) is 12.8. The van der Waals surface area contributed by atoms with Crippen LogP contribution < -0.4 is 16.1 Å². The van der Waals surface area contributed by atoms with Gasteiger partial charge in [-0.3, -0.25) is 14.4 Å². The Morgan fingerprint density at radius 2 is 1.77 bits per heavy atom. The van der Waals surface area contributed by atoms with E-state index in [0.717, 1.165) is 0 Å². The van der Waals surface area contributed by atoms with E-state index in [1.165, 1.54) is 24.3 Å². The summed E-state index contributed by atoms with van der Waals surface area (Å²) in [5.74, 6) is -2.01. The van der Waals surface area contributed by atoms with E-state index in [1.807, 2.05) is 0 Å². The molecule has 0 unspecified atom stereocenters. The number of carboxylic acid groups (broad SMARTS) is 1. The molecule has 2 aromatic carbocycles. The van der Waals surface area contributed by atoms with Crippen LogP contribution in [0.3, 0.4) is 0 Å². The van der Waals surface area contributed by atoms with Crippen molar-refractivity contribution in [2.24, 2.45) is 0 Å². The quantitative estimate of drug-likeness (QED) is 0.116. The predicted octanol–water partition coefficient (Wildman–Crippen LogP) is 3.62. The van der Waals surface area contributed by atoms with Crippen LogP contribution in [0, 0.1) is 0 Å². The molecule has 0 bridgehead atoms. The number of carboxylic acids is 1. The number of cyclic esters (lactones) is 1. The molecule has 5 rings (SSSR count). The summed E-state index contributed by atoms with van der Waals surface area (Å²) in [4.78, 5) is 60.9. The highest BCUT2D eigenvalue weighted by Crippen LogP contribution is 2.42. The van der Waals surface area contributed by atoms with Gasteiger partial charge in [0.05, 0.1) is 18.6 Å². The first kappa shape index (κ1) is 29.3. The number of ether oxygens (including phenoxy) is 1. The fourth-order valence-corrected chi connectivity index (χ4v) is 5.30. The Bertz CT molecular complexity index is 1740. The van der Waals surface area contributed by atoms with Gasteiger partial charge >= 0.3 is 11.9 Å². The van der Waals surface area contributed by atoms with Gasteiger partial charge in [0.2, 0.25) is 11.8 Å². The molecule has 4 N–H and O–H groups in total. The minimum Gasteiger partial charge on any atom is -0.508 e. The van der Waals surface area contributed by atoms with Gasteiger partial charge < -0.3 is 30.0 Å². The van der Waals surface area contributed by atoms with Crippen molar-refractivity contribution in [3.05, 3.63) is 75.9 Å². The summed E-state index contributed by atoms with van der Waals surface area (Å²) in [5, 5.41) is 26.3. The van der Waals surface area contributed by atoms with Crippen molar-refractivity contribution < 1.29 is 38.5 Å². The number of amides is 2. The van der Waals surface area contributed by atoms with Crippen LogP contribution in [0.15, 0.2) is 63.8 Å². The van der Waals surface area contributed by atoms with Gasteiger partial charge in [0.15, 0.2) is 5.43 Å². The Hall–Kier alpha value is -5.19. The van der Waals surface area contributed by atoms with E-state index in [0.29, 0.717) is 66.5 Å². The third-order valence-corrected chi connectivity index (χ3v) is 7.34. The first-order chi connectivity index (χ1) is 20.7. The number of aromatic carboxylic acids is 1. The molecule has 1 saturated heterocycles. The molecule has 2 heterocycles. The molecule has 0 aromatic heterocycles. The molecule has 0 spiro atoms. The molecule has 1 fully saturated rings. The van der Waals surface area contributed by atoms with Gasteiger partial charge in [0.1, 0.15) is 23.1 Å². The summed E-state index contributed by atoms with van der Waals surface area (Å²) in [6.45, 7) is 0.667. The Morgan fingerprint density at radius 3 is 2.53 bits per heavy atom. The number of carbonyl (C=O) groups is 4. The molecule has 3 aliphatic rings. The summed E-state index contributed by atoms with van der Waals surface area (Å²) < 4.78 is 10.7. The monoisotopic (exact) mass is 586 g/mol. The van der Waals surface area contributed by atoms with E-state index in [4.69, 9.17) is 9.15 Å². The maximum Gasteiger partial charge on any atom is 0.336 e. The lowest BCUT2D eigenvalue weighted by Gasteiger charge is -2.18. The molecule has 2 amide bonds. The number of aromatic hydroxyl groups is 1. The Labute approximate surface area is 245 Å². The van der Waals surface area contributed by atoms with Crippen molar-refractivity contribution in [1.29, 1.82) is 0 Å². The van der Waals surface area contributed by atoms with Crippen molar-refractivity contribution in [1.82, 2.24) is 10.6 Å². The molecule has 1 atom stereocenters. The minimum absolute atomic E-state index is 0.0529. The van der Waals surface area contributed by atoms with Crippen molar-refractivity contribution in [2.45, 2.75) is 44.6 Å². The maximum atomic E-state index is 12.8. The fraction of sp³-hybridized carbons (Fsp3) is 0.281. The zero-order valence-corrected chi connectivity index (χ0v) is 23.2. The van der Waals surface area contributed by atoms with Gasteiger partial charge in [-0.15, -0.1) is 0 Å². The standard InChI is InChI=1S/C32H30N2O9/c35-19-8-10-21-25(16-19)43-26-17-20(36)9-11-22(26)30(21)23-6-4-5-18(29(23)31(39)40)15-28(38)33-13-3-1-2-7-27(37)34-24-12-14-42-32(24)41/h4-6,8-11,16-17,24,35H,1-3,7,12-15H2,(H,33,38)(H,34,37)(H,39,40)/t24-/m0/s1. The van der Waals surface area contributed by atoms with Gasteiger partial charge in [-0.1, -0.05) is 24.6 Å². The highest BCUT2D eigenvalue weighted by molar-refractivity contribution is 6.08. The molecule has 0 radical (unpaired) electrons. The Morgan fingerprint density at radius 1 is 0.930 bits per heavy atom. The van der Waals surface area contributed by atoms with Crippen LogP contribution in [0.5, 0.6) is 5.75 Å². The van der Waals surface area contributed by atoms with E-state index in [1.54, 1.807) is 30.3 Å². The number of carbonyl (C=O) groups excluding carboxylic acids is 3. The number of unbranched alkanes of at least 4 members (excludes halogenated alkanes) is 2. The summed E-state index contributed by atoms with van der Waals surface area (Å²) in [6, 6.07) is 13.0. The van der Waals surface area contributed by atoms with Crippen LogP contribution in [0.4, 0.5) is 0 Å². The number of benzene rings is 3. The summed E-state index contributed by atoms with van der Waals surface area (Å²) in [7, 11) is 0. The van der Waals surface area contributed by atoms with Gasteiger partial charge in [0.25, 0.3) is 0 Å². The summed E-state index contributed by atoms with van der Waals surface area (Å²) in [6.07, 6.45) is 2.46. The van der Waals surface area contributed by atoms with Gasteiger partial charge in [-0.05, 0) is 48.2 Å². The molecule has 0 saturated carbocycles. The summed E-state index contributed by atoms with van der Waals surface area (Å²) >= 11 is 0. The zero-order valence-electron chi connectivity index (χ0n) is 23.2. The molecule has 11 heteroatoms. The second-order valence-corrected chi connectivity index (χ2v) is 10.4. The maximum absolute atomic E-state index is 12.8. The predicted molar refractivity (Wildman–Crippen MR) is 156 cm³/mol. The van der Waals surface area contributed by atoms with Crippen molar-refractivity contribution in [3.8, 4) is 28.2 Å². The van der Waals surface area contributed by atoms with Crippen LogP contribution in [0.1, 0.15) is 48.0 Å². The van der Waals surface area contributed by atoms with Crippen molar-refractivity contribution >= 4 is 34.7 Å². The van der Waals surface area contributed by atoms with E-state index in [9.17, 15) is 34.2 Å². The number of rotatable bonds is 11. The number of nitrogens with one attached hydrogen (secondary N) is 2. The third-order valence-electron chi connectivity index (χ3n) is 7.34. The molecular weight excluding hydrogens is 556 g/mol. The average molecular weight is 587 g/mol. The highest BCUT2D eigenvalue weighted by Gasteiger charge is 2.28. The smallest absolute Gasteiger partial charge is 0.336 e. The first-order valence-corrected chi connectivity index (χ1v) is 14.0. The average Bonchev–Trinajstić information content (AvgIpc) is 3.36. The van der Waals surface area contributed by atoms with Crippen LogP contribution in [0.25, 0.3) is 33.4 Å². The Balaban J connectivity index is 1.28. The number of phenols is 1. The number of fused-ring (bicyclic) bond motifs is 2. The number of hydrogen-bond donors (Lipinski definition) is 4. The van der Waals surface area contributed by atoms with Crippen LogP contribution in [0.2, 0.25) is 0 Å². The molecular formula is C32H30N2O9.